The van der Waals surface area contributed by atoms with Crippen LogP contribution in [0.1, 0.15) is 12.0 Å². The van der Waals surface area contributed by atoms with Gasteiger partial charge < -0.3 is 15.4 Å². The minimum Gasteiger partial charge on any atom is -0.484 e. The highest BCUT2D eigenvalue weighted by molar-refractivity contribution is 5.78. The first-order valence-electron chi connectivity index (χ1n) is 5.88. The van der Waals surface area contributed by atoms with Gasteiger partial charge in [0.25, 0.3) is 5.91 Å². The molecule has 17 heavy (non-hydrogen) atoms. The maximum absolute atomic E-state index is 11.8. The lowest BCUT2D eigenvalue weighted by Crippen LogP contribution is -2.35. The molecule has 0 unspecified atom stereocenters. The van der Waals surface area contributed by atoms with E-state index in [9.17, 15) is 4.79 Å². The molecule has 1 saturated heterocycles. The van der Waals surface area contributed by atoms with Crippen molar-refractivity contribution in [1.29, 1.82) is 0 Å². The molecule has 0 radical (unpaired) electrons. The van der Waals surface area contributed by atoms with Crippen LogP contribution in [-0.2, 0) is 4.79 Å². The zero-order valence-electron chi connectivity index (χ0n) is 10.1. The highest BCUT2D eigenvalue weighted by atomic mass is 16.5. The summed E-state index contributed by atoms with van der Waals surface area (Å²) in [6, 6.07) is 7.80. The molecular weight excluding hydrogens is 216 g/mol. The smallest absolute Gasteiger partial charge is 0.260 e. The van der Waals surface area contributed by atoms with Crippen molar-refractivity contribution in [3.8, 4) is 5.75 Å². The molecule has 1 amide bonds. The summed E-state index contributed by atoms with van der Waals surface area (Å²) in [5.74, 6) is 0.742. The molecule has 1 aromatic carbocycles. The number of aryl methyl sites for hydroxylation is 1. The third-order valence-corrected chi connectivity index (χ3v) is 2.96. The number of nitrogens with zero attached hydrogens (tertiary/aromatic N) is 1. The van der Waals surface area contributed by atoms with E-state index < -0.39 is 0 Å². The molecule has 0 saturated carbocycles. The van der Waals surface area contributed by atoms with Crippen LogP contribution in [-0.4, -0.2) is 36.5 Å². The van der Waals surface area contributed by atoms with E-state index in [1.165, 1.54) is 5.56 Å². The Morgan fingerprint density at radius 1 is 1.47 bits per heavy atom. The summed E-state index contributed by atoms with van der Waals surface area (Å²) in [6.07, 6.45) is 0.885. The molecule has 92 valence electrons. The SMILES string of the molecule is Cc1ccc(OCC(=O)N2CC[C@H](N)C2)cc1. The number of nitrogens with two attached hydrogens (primary N) is 1. The fourth-order valence-corrected chi connectivity index (χ4v) is 1.88. The Bertz CT molecular complexity index is 389. The van der Waals surface area contributed by atoms with Crippen LogP contribution in [0.15, 0.2) is 24.3 Å². The van der Waals surface area contributed by atoms with E-state index in [2.05, 4.69) is 0 Å². The number of carbonyl (C=O) groups excluding carboxylic acids is 1. The monoisotopic (exact) mass is 234 g/mol. The number of rotatable bonds is 3. The normalized spacial score (nSPS) is 19.4. The van der Waals surface area contributed by atoms with Crippen LogP contribution in [0.5, 0.6) is 5.75 Å². The van der Waals surface area contributed by atoms with E-state index in [1.807, 2.05) is 31.2 Å². The number of likely N-dealkylation sites (tertiary alicyclic amines) is 1. The third-order valence-electron chi connectivity index (χ3n) is 2.96. The molecule has 2 rings (SSSR count). The number of benzene rings is 1. The molecule has 4 heteroatoms. The average Bonchev–Trinajstić information content (AvgIpc) is 2.75. The maximum atomic E-state index is 11.8. The summed E-state index contributed by atoms with van der Waals surface area (Å²) in [5, 5.41) is 0. The summed E-state index contributed by atoms with van der Waals surface area (Å²) in [5.41, 5.74) is 6.93. The van der Waals surface area contributed by atoms with Crippen LogP contribution >= 0.6 is 0 Å². The lowest BCUT2D eigenvalue weighted by atomic mass is 10.2. The van der Waals surface area contributed by atoms with Crippen LogP contribution in [0, 0.1) is 6.92 Å². The van der Waals surface area contributed by atoms with E-state index in [-0.39, 0.29) is 18.6 Å². The van der Waals surface area contributed by atoms with Gasteiger partial charge in [-0.15, -0.1) is 0 Å². The van der Waals surface area contributed by atoms with E-state index in [0.29, 0.717) is 6.54 Å². The molecule has 1 fully saturated rings. The Hall–Kier alpha value is -1.55. The number of ether oxygens (including phenoxy) is 1. The van der Waals surface area contributed by atoms with E-state index in [4.69, 9.17) is 10.5 Å². The van der Waals surface area contributed by atoms with Crippen molar-refractivity contribution in [2.75, 3.05) is 19.7 Å². The van der Waals surface area contributed by atoms with Crippen LogP contribution in [0.4, 0.5) is 0 Å². The Balaban J connectivity index is 1.82. The Labute approximate surface area is 101 Å². The largest absolute Gasteiger partial charge is 0.484 e. The number of carbonyl (C=O) groups is 1. The minimum atomic E-state index is 0.0125. The Morgan fingerprint density at radius 3 is 2.76 bits per heavy atom. The van der Waals surface area contributed by atoms with Gasteiger partial charge in [-0.05, 0) is 25.5 Å². The molecule has 0 bridgehead atoms. The second-order valence-corrected chi connectivity index (χ2v) is 4.49. The van der Waals surface area contributed by atoms with E-state index in [1.54, 1.807) is 4.90 Å². The Kier molecular flexibility index (Phi) is 3.64. The van der Waals surface area contributed by atoms with Crippen molar-refractivity contribution < 1.29 is 9.53 Å². The fourth-order valence-electron chi connectivity index (χ4n) is 1.88. The highest BCUT2D eigenvalue weighted by Gasteiger charge is 2.23. The molecule has 4 nitrogen and oxygen atoms in total. The molecule has 1 aliphatic rings. The van der Waals surface area contributed by atoms with Gasteiger partial charge in [0.2, 0.25) is 0 Å². The summed E-state index contributed by atoms with van der Waals surface area (Å²) in [4.78, 5) is 13.5. The van der Waals surface area contributed by atoms with Gasteiger partial charge in [-0.1, -0.05) is 17.7 Å². The first-order valence-corrected chi connectivity index (χ1v) is 5.88. The predicted molar refractivity (Wildman–Crippen MR) is 65.8 cm³/mol. The first kappa shape index (κ1) is 11.9. The van der Waals surface area contributed by atoms with Crippen molar-refractivity contribution in [2.45, 2.75) is 19.4 Å². The van der Waals surface area contributed by atoms with Crippen LogP contribution in [0.25, 0.3) is 0 Å². The summed E-state index contributed by atoms with van der Waals surface area (Å²) in [7, 11) is 0. The third kappa shape index (κ3) is 3.20. The van der Waals surface area contributed by atoms with E-state index >= 15 is 0 Å². The molecule has 0 aliphatic carbocycles. The lowest BCUT2D eigenvalue weighted by molar-refractivity contribution is -0.132. The second kappa shape index (κ2) is 5.19. The maximum Gasteiger partial charge on any atom is 0.260 e. The van der Waals surface area contributed by atoms with Gasteiger partial charge in [-0.3, -0.25) is 4.79 Å². The topological polar surface area (TPSA) is 55.6 Å². The van der Waals surface area contributed by atoms with Gasteiger partial charge >= 0.3 is 0 Å². The van der Waals surface area contributed by atoms with Crippen LogP contribution in [0.2, 0.25) is 0 Å². The fraction of sp³-hybridized carbons (Fsp3) is 0.462. The van der Waals surface area contributed by atoms with Crippen molar-refractivity contribution in [3.05, 3.63) is 29.8 Å². The molecular formula is C13H18N2O2. The summed E-state index contributed by atoms with van der Waals surface area (Å²) < 4.78 is 5.44. The number of hydrogen-bond donors (Lipinski definition) is 1. The minimum absolute atomic E-state index is 0.0125. The van der Waals surface area contributed by atoms with Gasteiger partial charge in [-0.25, -0.2) is 0 Å². The molecule has 0 aromatic heterocycles. The van der Waals surface area contributed by atoms with Gasteiger partial charge in [0.15, 0.2) is 6.61 Å². The molecule has 0 spiro atoms. The molecule has 1 atom stereocenters. The number of hydrogen-bond acceptors (Lipinski definition) is 3. The number of amides is 1. The zero-order valence-corrected chi connectivity index (χ0v) is 10.1. The second-order valence-electron chi connectivity index (χ2n) is 4.49. The van der Waals surface area contributed by atoms with Crippen molar-refractivity contribution in [1.82, 2.24) is 4.90 Å². The van der Waals surface area contributed by atoms with Crippen molar-refractivity contribution in [3.63, 3.8) is 0 Å². The Morgan fingerprint density at radius 2 is 2.18 bits per heavy atom. The van der Waals surface area contributed by atoms with Crippen molar-refractivity contribution >= 4 is 5.91 Å². The van der Waals surface area contributed by atoms with Gasteiger partial charge in [-0.2, -0.15) is 0 Å². The van der Waals surface area contributed by atoms with Gasteiger partial charge in [0.05, 0.1) is 0 Å². The average molecular weight is 234 g/mol. The molecule has 1 aromatic rings. The highest BCUT2D eigenvalue weighted by Crippen LogP contribution is 2.12. The molecule has 1 aliphatic heterocycles. The van der Waals surface area contributed by atoms with Gasteiger partial charge in [0, 0.05) is 19.1 Å². The first-order chi connectivity index (χ1) is 8.15. The van der Waals surface area contributed by atoms with E-state index in [0.717, 1.165) is 18.7 Å². The molecule has 2 N–H and O–H groups in total. The molecule has 1 heterocycles. The quantitative estimate of drug-likeness (QED) is 0.846. The van der Waals surface area contributed by atoms with Crippen molar-refractivity contribution in [2.24, 2.45) is 5.73 Å². The predicted octanol–water partition coefficient (Wildman–Crippen LogP) is 0.933. The summed E-state index contributed by atoms with van der Waals surface area (Å²) in [6.45, 7) is 3.50. The van der Waals surface area contributed by atoms with Crippen LogP contribution < -0.4 is 10.5 Å². The van der Waals surface area contributed by atoms with Crippen LogP contribution in [0.3, 0.4) is 0 Å². The standard InChI is InChI=1S/C13H18N2O2/c1-10-2-4-12(5-3-10)17-9-13(16)15-7-6-11(14)8-15/h2-5,11H,6-9,14H2,1H3/t11-/m0/s1. The van der Waals surface area contributed by atoms with Gasteiger partial charge in [0.1, 0.15) is 5.75 Å². The summed E-state index contributed by atoms with van der Waals surface area (Å²) >= 11 is 0. The zero-order chi connectivity index (χ0) is 12.3. The lowest BCUT2D eigenvalue weighted by Gasteiger charge is -2.16.